The molecule has 0 spiro atoms. The number of amides is 1. The lowest BCUT2D eigenvalue weighted by Gasteiger charge is -2.30. The summed E-state index contributed by atoms with van der Waals surface area (Å²) >= 11 is 0. The second-order valence-corrected chi connectivity index (χ2v) is 4.70. The van der Waals surface area contributed by atoms with E-state index in [-0.39, 0.29) is 24.4 Å². The van der Waals surface area contributed by atoms with Gasteiger partial charge in [0, 0.05) is 19.1 Å². The Kier molecular flexibility index (Phi) is 6.10. The molecular weight excluding hydrogens is 280 g/mol. The predicted octanol–water partition coefficient (Wildman–Crippen LogP) is 1.69. The summed E-state index contributed by atoms with van der Waals surface area (Å²) < 4.78 is 10.4. The molecule has 1 fully saturated rings. The molecule has 0 bridgehead atoms. The number of halogens is 1. The molecule has 0 unspecified atom stereocenters. The number of nitrogens with zero attached hydrogens (tertiary/aromatic N) is 1. The van der Waals surface area contributed by atoms with Crippen molar-refractivity contribution in [2.24, 2.45) is 5.73 Å². The van der Waals surface area contributed by atoms with Crippen molar-refractivity contribution in [3.05, 3.63) is 23.8 Å². The Bertz CT molecular complexity index is 460. The molecule has 1 aromatic carbocycles. The van der Waals surface area contributed by atoms with Crippen molar-refractivity contribution < 1.29 is 14.3 Å². The van der Waals surface area contributed by atoms with Crippen LogP contribution in [0, 0.1) is 0 Å². The van der Waals surface area contributed by atoms with E-state index in [0.717, 1.165) is 12.8 Å². The van der Waals surface area contributed by atoms with Crippen LogP contribution in [0.25, 0.3) is 0 Å². The van der Waals surface area contributed by atoms with Gasteiger partial charge in [-0.3, -0.25) is 4.79 Å². The van der Waals surface area contributed by atoms with E-state index < -0.39 is 0 Å². The number of rotatable bonds is 3. The number of methoxy groups -OCH3 is 2. The highest BCUT2D eigenvalue weighted by Gasteiger charge is 2.24. The number of carbonyl (C=O) groups excluding carboxylic acids is 1. The maximum absolute atomic E-state index is 12.5. The Morgan fingerprint density at radius 2 is 1.90 bits per heavy atom. The van der Waals surface area contributed by atoms with Crippen LogP contribution in [0.15, 0.2) is 18.2 Å². The van der Waals surface area contributed by atoms with E-state index in [0.29, 0.717) is 30.2 Å². The van der Waals surface area contributed by atoms with Crippen LogP contribution < -0.4 is 15.2 Å². The van der Waals surface area contributed by atoms with Gasteiger partial charge < -0.3 is 20.1 Å². The van der Waals surface area contributed by atoms with Crippen LogP contribution in [-0.2, 0) is 0 Å². The van der Waals surface area contributed by atoms with Gasteiger partial charge in [0.25, 0.3) is 5.91 Å². The SMILES string of the molecule is COc1ccc(OC)c(C(=O)N2CCC(N)CC2)c1.Cl. The van der Waals surface area contributed by atoms with Gasteiger partial charge in [-0.15, -0.1) is 12.4 Å². The third kappa shape index (κ3) is 3.55. The fraction of sp³-hybridized carbons (Fsp3) is 0.500. The van der Waals surface area contributed by atoms with Gasteiger partial charge >= 0.3 is 0 Å². The zero-order valence-electron chi connectivity index (χ0n) is 11.8. The van der Waals surface area contributed by atoms with Gasteiger partial charge in [-0.05, 0) is 31.0 Å². The van der Waals surface area contributed by atoms with E-state index in [1.54, 1.807) is 32.4 Å². The number of piperidine rings is 1. The Morgan fingerprint density at radius 3 is 2.45 bits per heavy atom. The molecule has 5 nitrogen and oxygen atoms in total. The molecule has 0 radical (unpaired) electrons. The first kappa shape index (κ1) is 16.6. The molecule has 1 saturated heterocycles. The molecule has 20 heavy (non-hydrogen) atoms. The quantitative estimate of drug-likeness (QED) is 0.922. The lowest BCUT2D eigenvalue weighted by molar-refractivity contribution is 0.0711. The third-order valence-electron chi connectivity index (χ3n) is 3.46. The second kappa shape index (κ2) is 7.36. The van der Waals surface area contributed by atoms with Crippen LogP contribution in [0.4, 0.5) is 0 Å². The number of nitrogens with two attached hydrogens (primary N) is 1. The van der Waals surface area contributed by atoms with Crippen LogP contribution in [-0.4, -0.2) is 44.2 Å². The summed E-state index contributed by atoms with van der Waals surface area (Å²) in [6.07, 6.45) is 1.69. The van der Waals surface area contributed by atoms with Crippen molar-refractivity contribution in [1.82, 2.24) is 4.90 Å². The number of benzene rings is 1. The first-order valence-electron chi connectivity index (χ1n) is 6.42. The average molecular weight is 301 g/mol. The van der Waals surface area contributed by atoms with Crippen LogP contribution in [0.5, 0.6) is 11.5 Å². The fourth-order valence-corrected chi connectivity index (χ4v) is 2.25. The molecule has 1 aromatic rings. The number of carbonyl (C=O) groups is 1. The van der Waals surface area contributed by atoms with Crippen molar-refractivity contribution in [1.29, 1.82) is 0 Å². The summed E-state index contributed by atoms with van der Waals surface area (Å²) in [7, 11) is 3.14. The standard InChI is InChI=1S/C14H20N2O3.ClH/c1-18-11-3-4-13(19-2)12(9-11)14(17)16-7-5-10(15)6-8-16;/h3-4,9-10H,5-8,15H2,1-2H3;1H. The highest BCUT2D eigenvalue weighted by molar-refractivity contribution is 5.97. The summed E-state index contributed by atoms with van der Waals surface area (Å²) in [4.78, 5) is 14.3. The monoisotopic (exact) mass is 300 g/mol. The van der Waals surface area contributed by atoms with Crippen LogP contribution in [0.1, 0.15) is 23.2 Å². The smallest absolute Gasteiger partial charge is 0.257 e. The topological polar surface area (TPSA) is 64.8 Å². The Hall–Kier alpha value is -1.46. The van der Waals surface area contributed by atoms with Gasteiger partial charge in [0.2, 0.25) is 0 Å². The minimum Gasteiger partial charge on any atom is -0.497 e. The summed E-state index contributed by atoms with van der Waals surface area (Å²) in [6, 6.07) is 5.45. The van der Waals surface area contributed by atoms with Crippen LogP contribution in [0.2, 0.25) is 0 Å². The maximum Gasteiger partial charge on any atom is 0.257 e. The fourth-order valence-electron chi connectivity index (χ4n) is 2.25. The molecule has 0 aliphatic carbocycles. The molecule has 2 N–H and O–H groups in total. The zero-order chi connectivity index (χ0) is 13.8. The number of hydrogen-bond acceptors (Lipinski definition) is 4. The molecule has 0 atom stereocenters. The van der Waals surface area contributed by atoms with Gasteiger partial charge in [0.05, 0.1) is 19.8 Å². The lowest BCUT2D eigenvalue weighted by Crippen LogP contribution is -2.42. The average Bonchev–Trinajstić information content (AvgIpc) is 2.46. The first-order chi connectivity index (χ1) is 9.15. The first-order valence-corrected chi connectivity index (χ1v) is 6.42. The third-order valence-corrected chi connectivity index (χ3v) is 3.46. The van der Waals surface area contributed by atoms with E-state index in [9.17, 15) is 4.79 Å². The van der Waals surface area contributed by atoms with Gasteiger partial charge in [-0.25, -0.2) is 0 Å². The summed E-state index contributed by atoms with van der Waals surface area (Å²) in [5.74, 6) is 1.20. The maximum atomic E-state index is 12.5. The minimum absolute atomic E-state index is 0. The van der Waals surface area contributed by atoms with Crippen molar-refractivity contribution in [3.63, 3.8) is 0 Å². The summed E-state index contributed by atoms with van der Waals surface area (Å²) in [5.41, 5.74) is 6.39. The van der Waals surface area contributed by atoms with Gasteiger partial charge in [-0.1, -0.05) is 0 Å². The lowest BCUT2D eigenvalue weighted by atomic mass is 10.0. The molecule has 6 heteroatoms. The molecule has 0 aromatic heterocycles. The Balaban J connectivity index is 0.00000200. The highest BCUT2D eigenvalue weighted by atomic mass is 35.5. The molecule has 1 aliphatic heterocycles. The molecule has 0 saturated carbocycles. The molecule has 2 rings (SSSR count). The Morgan fingerprint density at radius 1 is 1.25 bits per heavy atom. The van der Waals surface area contributed by atoms with Crippen molar-refractivity contribution >= 4 is 18.3 Å². The summed E-state index contributed by atoms with van der Waals surface area (Å²) in [6.45, 7) is 1.39. The highest BCUT2D eigenvalue weighted by Crippen LogP contribution is 2.26. The van der Waals surface area contributed by atoms with E-state index in [4.69, 9.17) is 15.2 Å². The van der Waals surface area contributed by atoms with Gasteiger partial charge in [0.1, 0.15) is 11.5 Å². The molecule has 1 heterocycles. The van der Waals surface area contributed by atoms with Gasteiger partial charge in [-0.2, -0.15) is 0 Å². The summed E-state index contributed by atoms with van der Waals surface area (Å²) in [5, 5.41) is 0. The molecular formula is C14H21ClN2O3. The van der Waals surface area contributed by atoms with Crippen molar-refractivity contribution in [3.8, 4) is 11.5 Å². The van der Waals surface area contributed by atoms with E-state index in [1.807, 2.05) is 4.90 Å². The normalized spacial score (nSPS) is 15.4. The van der Waals surface area contributed by atoms with Crippen LogP contribution >= 0.6 is 12.4 Å². The molecule has 1 amide bonds. The number of likely N-dealkylation sites (tertiary alicyclic amines) is 1. The number of ether oxygens (including phenoxy) is 2. The largest absolute Gasteiger partial charge is 0.497 e. The van der Waals surface area contributed by atoms with Crippen LogP contribution in [0.3, 0.4) is 0 Å². The van der Waals surface area contributed by atoms with E-state index in [1.165, 1.54) is 0 Å². The minimum atomic E-state index is -0.0253. The van der Waals surface area contributed by atoms with E-state index in [2.05, 4.69) is 0 Å². The Labute approximate surface area is 125 Å². The molecule has 1 aliphatic rings. The van der Waals surface area contributed by atoms with Crippen molar-refractivity contribution in [2.75, 3.05) is 27.3 Å². The van der Waals surface area contributed by atoms with E-state index >= 15 is 0 Å². The second-order valence-electron chi connectivity index (χ2n) is 4.70. The predicted molar refractivity (Wildman–Crippen MR) is 79.9 cm³/mol. The zero-order valence-corrected chi connectivity index (χ0v) is 12.6. The number of hydrogen-bond donors (Lipinski definition) is 1. The van der Waals surface area contributed by atoms with Crippen molar-refractivity contribution in [2.45, 2.75) is 18.9 Å². The van der Waals surface area contributed by atoms with Gasteiger partial charge in [0.15, 0.2) is 0 Å². The molecule has 112 valence electrons.